The molecule has 3 atom stereocenters. The van der Waals surface area contributed by atoms with E-state index < -0.39 is 24.9 Å². The van der Waals surface area contributed by atoms with Crippen LogP contribution in [-0.4, -0.2) is 98.1 Å². The maximum absolute atomic E-state index is 13.0. The zero-order valence-corrected chi connectivity index (χ0v) is 30.8. The third-order valence-electron chi connectivity index (χ3n) is 9.42. The van der Waals surface area contributed by atoms with Crippen LogP contribution in [0.25, 0.3) is 11.1 Å². The number of rotatable bonds is 22. The maximum atomic E-state index is 13.0. The summed E-state index contributed by atoms with van der Waals surface area (Å²) in [6.45, 7) is 3.08. The van der Waals surface area contributed by atoms with Crippen molar-refractivity contribution in [1.82, 2.24) is 9.88 Å². The number of aryl methyl sites for hydroxylation is 1. The third-order valence-corrected chi connectivity index (χ3v) is 11.2. The predicted octanol–water partition coefficient (Wildman–Crippen LogP) is 5.72. The molecule has 0 bridgehead atoms. The third kappa shape index (κ3) is 10.7. The number of benzene rings is 2. The number of amides is 1. The van der Waals surface area contributed by atoms with Gasteiger partial charge in [-0.05, 0) is 111 Å². The van der Waals surface area contributed by atoms with E-state index in [0.29, 0.717) is 25.8 Å². The Bertz CT molecular complexity index is 1530. The standard InChI is InChI=1S/C39H52N2O7S2/c1-27-10-13-30(50-21-6-5-18-41(19-7-20-49-2)37(45)23-34(43)38(46)35(44)25-42)22-28(27)26-47-39(15-16-39)33-24-40-17-14-31(33)32-8-3-4-9-36(32)48-29-11-12-29/h3-4,8-10,13-14,17,22,24,29,34-35,38,42-44,46H,5-7,11-12,15-16,18-21,23,25-26H2,1-2H3. The lowest BCUT2D eigenvalue weighted by Gasteiger charge is -2.26. The van der Waals surface area contributed by atoms with E-state index in [4.69, 9.17) is 14.6 Å². The zero-order valence-electron chi connectivity index (χ0n) is 29.2. The van der Waals surface area contributed by atoms with Gasteiger partial charge < -0.3 is 34.8 Å². The lowest BCUT2D eigenvalue weighted by atomic mass is 9.96. The van der Waals surface area contributed by atoms with E-state index >= 15 is 0 Å². The second-order valence-corrected chi connectivity index (χ2v) is 15.6. The molecule has 11 heteroatoms. The minimum atomic E-state index is -1.57. The number of hydrogen-bond acceptors (Lipinski definition) is 10. The zero-order chi connectivity index (χ0) is 35.5. The van der Waals surface area contributed by atoms with Gasteiger partial charge in [-0.2, -0.15) is 11.8 Å². The van der Waals surface area contributed by atoms with E-state index in [1.165, 1.54) is 16.0 Å². The molecular formula is C39H52N2O7S2. The Morgan fingerprint density at radius 2 is 1.78 bits per heavy atom. The minimum absolute atomic E-state index is 0.263. The fourth-order valence-electron chi connectivity index (χ4n) is 6.01. The first kappa shape index (κ1) is 38.6. The van der Waals surface area contributed by atoms with Gasteiger partial charge in [-0.3, -0.25) is 9.78 Å². The lowest BCUT2D eigenvalue weighted by Crippen LogP contribution is -2.43. The van der Waals surface area contributed by atoms with Gasteiger partial charge in [0.2, 0.25) is 5.91 Å². The first-order chi connectivity index (χ1) is 24.2. The van der Waals surface area contributed by atoms with Crippen molar-refractivity contribution < 1.29 is 34.7 Å². The predicted molar refractivity (Wildman–Crippen MR) is 199 cm³/mol. The fraction of sp³-hybridized carbons (Fsp3) is 0.538. The van der Waals surface area contributed by atoms with Crippen molar-refractivity contribution in [2.24, 2.45) is 0 Å². The van der Waals surface area contributed by atoms with Crippen molar-refractivity contribution in [3.05, 3.63) is 77.6 Å². The SMILES string of the molecule is CSCCCN(CCCCSc1ccc(C)c(COC2(c3cnccc3-c3ccccc3OC3CC3)CC2)c1)C(=O)CC(O)C(O)C(O)CO. The Morgan fingerprint density at radius 1 is 1.00 bits per heavy atom. The number of ether oxygens (including phenoxy) is 2. The number of nitrogens with zero attached hydrogens (tertiary/aromatic N) is 2. The van der Waals surface area contributed by atoms with E-state index in [1.54, 1.807) is 28.4 Å². The highest BCUT2D eigenvalue weighted by atomic mass is 32.2. The largest absolute Gasteiger partial charge is 0.490 e. The van der Waals surface area contributed by atoms with Crippen LogP contribution in [0.1, 0.15) is 68.1 Å². The molecule has 1 heterocycles. The molecular weight excluding hydrogens is 673 g/mol. The van der Waals surface area contributed by atoms with Crippen LogP contribution in [0.4, 0.5) is 0 Å². The molecule has 3 unspecified atom stereocenters. The van der Waals surface area contributed by atoms with Crippen molar-refractivity contribution in [2.45, 2.75) is 99.8 Å². The van der Waals surface area contributed by atoms with E-state index in [2.05, 4.69) is 54.4 Å². The summed E-state index contributed by atoms with van der Waals surface area (Å²) in [6, 6.07) is 16.9. The second-order valence-electron chi connectivity index (χ2n) is 13.4. The van der Waals surface area contributed by atoms with E-state index in [0.717, 1.165) is 78.9 Å². The highest BCUT2D eigenvalue weighted by Gasteiger charge is 2.47. The van der Waals surface area contributed by atoms with Crippen molar-refractivity contribution >= 4 is 29.4 Å². The minimum Gasteiger partial charge on any atom is -0.490 e. The molecule has 0 radical (unpaired) electrons. The summed E-state index contributed by atoms with van der Waals surface area (Å²) in [4.78, 5) is 20.4. The molecule has 5 rings (SSSR count). The van der Waals surface area contributed by atoms with Gasteiger partial charge in [0.05, 0.1) is 37.4 Å². The Morgan fingerprint density at radius 3 is 2.52 bits per heavy atom. The highest BCUT2D eigenvalue weighted by Crippen LogP contribution is 2.53. The van der Waals surface area contributed by atoms with Crippen LogP contribution in [0.2, 0.25) is 0 Å². The molecule has 1 aromatic heterocycles. The summed E-state index contributed by atoms with van der Waals surface area (Å²) in [7, 11) is 0. The van der Waals surface area contributed by atoms with Crippen LogP contribution >= 0.6 is 23.5 Å². The number of hydrogen-bond donors (Lipinski definition) is 4. The van der Waals surface area contributed by atoms with Gasteiger partial charge in [-0.15, -0.1) is 11.8 Å². The second kappa shape index (κ2) is 18.7. The molecule has 2 aromatic carbocycles. The number of unbranched alkanes of at least 4 members (excludes halogenated alkanes) is 1. The van der Waals surface area contributed by atoms with E-state index in [9.17, 15) is 20.1 Å². The quantitative estimate of drug-likeness (QED) is 0.0754. The summed E-state index contributed by atoms with van der Waals surface area (Å²) in [5.41, 5.74) is 5.32. The summed E-state index contributed by atoms with van der Waals surface area (Å²) >= 11 is 3.51. The molecule has 2 aliphatic rings. The number of para-hydroxylation sites is 1. The summed E-state index contributed by atoms with van der Waals surface area (Å²) in [6.07, 6.45) is 8.01. The van der Waals surface area contributed by atoms with Gasteiger partial charge in [-0.1, -0.05) is 24.3 Å². The Hall–Kier alpha value is -2.64. The van der Waals surface area contributed by atoms with Gasteiger partial charge in [0.25, 0.3) is 0 Å². The summed E-state index contributed by atoms with van der Waals surface area (Å²) < 4.78 is 13.0. The smallest absolute Gasteiger partial charge is 0.225 e. The molecule has 2 fully saturated rings. The number of pyridine rings is 1. The Balaban J connectivity index is 1.14. The average molecular weight is 725 g/mol. The van der Waals surface area contributed by atoms with Crippen LogP contribution in [0, 0.1) is 6.92 Å². The van der Waals surface area contributed by atoms with E-state index in [-0.39, 0.29) is 17.9 Å². The Kier molecular flexibility index (Phi) is 14.5. The van der Waals surface area contributed by atoms with Crippen molar-refractivity contribution in [1.29, 1.82) is 0 Å². The van der Waals surface area contributed by atoms with Crippen LogP contribution < -0.4 is 4.74 Å². The van der Waals surface area contributed by atoms with Crippen LogP contribution in [0.15, 0.2) is 65.8 Å². The van der Waals surface area contributed by atoms with Gasteiger partial charge in [0.1, 0.15) is 18.0 Å². The molecule has 50 heavy (non-hydrogen) atoms. The molecule has 0 aliphatic heterocycles. The van der Waals surface area contributed by atoms with E-state index in [1.807, 2.05) is 24.7 Å². The summed E-state index contributed by atoms with van der Waals surface area (Å²) in [5, 5.41) is 38.9. The molecule has 0 saturated heterocycles. The number of aromatic nitrogens is 1. The number of aliphatic hydroxyl groups excluding tert-OH is 4. The number of carbonyl (C=O) groups excluding carboxylic acids is 1. The van der Waals surface area contributed by atoms with Crippen molar-refractivity contribution in [3.8, 4) is 16.9 Å². The monoisotopic (exact) mass is 724 g/mol. The Labute approximate surface area is 304 Å². The van der Waals surface area contributed by atoms with Crippen molar-refractivity contribution in [3.63, 3.8) is 0 Å². The number of thioether (sulfide) groups is 2. The van der Waals surface area contributed by atoms with Crippen LogP contribution in [-0.2, 0) is 21.7 Å². The van der Waals surface area contributed by atoms with Gasteiger partial charge in [-0.25, -0.2) is 0 Å². The van der Waals surface area contributed by atoms with Gasteiger partial charge >= 0.3 is 0 Å². The normalized spacial score (nSPS) is 16.8. The maximum Gasteiger partial charge on any atom is 0.225 e. The molecule has 0 spiro atoms. The molecule has 4 N–H and O–H groups in total. The van der Waals surface area contributed by atoms with Gasteiger partial charge in [0, 0.05) is 41.5 Å². The van der Waals surface area contributed by atoms with Crippen molar-refractivity contribution in [2.75, 3.05) is 37.5 Å². The molecule has 1 amide bonds. The first-order valence-electron chi connectivity index (χ1n) is 17.7. The van der Waals surface area contributed by atoms with Crippen LogP contribution in [0.3, 0.4) is 0 Å². The molecule has 2 aliphatic carbocycles. The highest BCUT2D eigenvalue weighted by molar-refractivity contribution is 7.99. The molecule has 2 saturated carbocycles. The molecule has 272 valence electrons. The average Bonchev–Trinajstić information content (AvgIpc) is 4.08. The topological polar surface area (TPSA) is 133 Å². The fourth-order valence-corrected chi connectivity index (χ4v) is 7.40. The first-order valence-corrected chi connectivity index (χ1v) is 20.1. The number of carbonyl (C=O) groups is 1. The molecule has 3 aromatic rings. The lowest BCUT2D eigenvalue weighted by molar-refractivity contribution is -0.138. The molecule has 9 nitrogen and oxygen atoms in total. The van der Waals surface area contributed by atoms with Crippen LogP contribution in [0.5, 0.6) is 5.75 Å². The van der Waals surface area contributed by atoms with Gasteiger partial charge in [0.15, 0.2) is 0 Å². The number of aliphatic hydroxyl groups is 4. The summed E-state index contributed by atoms with van der Waals surface area (Å²) in [5.74, 6) is 2.47.